The Kier molecular flexibility index (Phi) is 3.29. The molecule has 1 saturated heterocycles. The molecule has 0 N–H and O–H groups in total. The smallest absolute Gasteiger partial charge is 0.225 e. The standard InChI is InChI=1S/C9H15NO2/c1-3-7-10-8(11)5-6-9(10)12-4-2/h3,9H,1,4-7H2,2H3. The molecule has 68 valence electrons. The van der Waals surface area contributed by atoms with E-state index in [2.05, 4.69) is 6.58 Å². The van der Waals surface area contributed by atoms with Crippen LogP contribution in [0.1, 0.15) is 19.8 Å². The molecule has 1 aliphatic rings. The summed E-state index contributed by atoms with van der Waals surface area (Å²) in [6, 6.07) is 0. The maximum Gasteiger partial charge on any atom is 0.225 e. The summed E-state index contributed by atoms with van der Waals surface area (Å²) in [7, 11) is 0. The van der Waals surface area contributed by atoms with E-state index in [1.54, 1.807) is 11.0 Å². The quantitative estimate of drug-likeness (QED) is 0.591. The Morgan fingerprint density at radius 1 is 1.83 bits per heavy atom. The number of rotatable bonds is 4. The van der Waals surface area contributed by atoms with Gasteiger partial charge in [0.1, 0.15) is 6.23 Å². The van der Waals surface area contributed by atoms with Gasteiger partial charge >= 0.3 is 0 Å². The molecule has 1 rings (SSSR count). The van der Waals surface area contributed by atoms with Gasteiger partial charge in [-0.15, -0.1) is 6.58 Å². The van der Waals surface area contributed by atoms with Crippen molar-refractivity contribution >= 4 is 5.91 Å². The molecular weight excluding hydrogens is 154 g/mol. The number of nitrogens with zero attached hydrogens (tertiary/aromatic N) is 1. The van der Waals surface area contributed by atoms with Crippen LogP contribution in [0.15, 0.2) is 12.7 Å². The summed E-state index contributed by atoms with van der Waals surface area (Å²) < 4.78 is 5.40. The third-order valence-corrected chi connectivity index (χ3v) is 1.96. The highest BCUT2D eigenvalue weighted by Gasteiger charge is 2.29. The second kappa shape index (κ2) is 4.26. The first-order valence-electron chi connectivity index (χ1n) is 4.31. The molecule has 3 nitrogen and oxygen atoms in total. The monoisotopic (exact) mass is 169 g/mol. The van der Waals surface area contributed by atoms with Crippen molar-refractivity contribution in [1.82, 2.24) is 4.90 Å². The minimum Gasteiger partial charge on any atom is -0.359 e. The van der Waals surface area contributed by atoms with Crippen LogP contribution < -0.4 is 0 Å². The molecule has 0 aromatic heterocycles. The van der Waals surface area contributed by atoms with Crippen molar-refractivity contribution in [3.05, 3.63) is 12.7 Å². The Morgan fingerprint density at radius 2 is 2.58 bits per heavy atom. The number of hydrogen-bond acceptors (Lipinski definition) is 2. The second-order valence-electron chi connectivity index (χ2n) is 2.78. The molecule has 1 unspecified atom stereocenters. The topological polar surface area (TPSA) is 29.5 Å². The van der Waals surface area contributed by atoms with E-state index in [0.717, 1.165) is 6.42 Å². The minimum atomic E-state index is -0.0134. The summed E-state index contributed by atoms with van der Waals surface area (Å²) in [5.74, 6) is 0.174. The largest absolute Gasteiger partial charge is 0.359 e. The summed E-state index contributed by atoms with van der Waals surface area (Å²) in [4.78, 5) is 13.0. The van der Waals surface area contributed by atoms with Gasteiger partial charge in [-0.3, -0.25) is 4.79 Å². The highest BCUT2D eigenvalue weighted by atomic mass is 16.5. The Bertz CT molecular complexity index is 179. The number of ether oxygens (including phenoxy) is 1. The molecule has 0 bridgehead atoms. The lowest BCUT2D eigenvalue weighted by molar-refractivity contribution is -0.135. The molecule has 0 aliphatic carbocycles. The Morgan fingerprint density at radius 3 is 3.17 bits per heavy atom. The minimum absolute atomic E-state index is 0.0134. The molecular formula is C9H15NO2. The Balaban J connectivity index is 2.50. The average Bonchev–Trinajstić information content (AvgIpc) is 2.37. The summed E-state index contributed by atoms with van der Waals surface area (Å²) in [5.41, 5.74) is 0. The molecule has 0 saturated carbocycles. The van der Waals surface area contributed by atoms with Gasteiger partial charge in [0, 0.05) is 26.0 Å². The fourth-order valence-electron chi connectivity index (χ4n) is 1.43. The van der Waals surface area contributed by atoms with E-state index in [4.69, 9.17) is 4.74 Å². The van der Waals surface area contributed by atoms with Crippen molar-refractivity contribution in [2.45, 2.75) is 26.0 Å². The van der Waals surface area contributed by atoms with E-state index in [9.17, 15) is 4.79 Å². The molecule has 0 aromatic rings. The third-order valence-electron chi connectivity index (χ3n) is 1.96. The normalized spacial score (nSPS) is 23.2. The summed E-state index contributed by atoms with van der Waals surface area (Å²) in [6.45, 7) is 6.80. The highest BCUT2D eigenvalue weighted by molar-refractivity contribution is 5.78. The van der Waals surface area contributed by atoms with Gasteiger partial charge in [-0.1, -0.05) is 6.08 Å². The van der Waals surface area contributed by atoms with Crippen LogP contribution in [0.5, 0.6) is 0 Å². The Labute approximate surface area is 73.0 Å². The first-order chi connectivity index (χ1) is 5.79. The molecule has 3 heteroatoms. The predicted molar refractivity (Wildman–Crippen MR) is 46.6 cm³/mol. The number of amides is 1. The predicted octanol–water partition coefficient (Wildman–Crippen LogP) is 1.16. The van der Waals surface area contributed by atoms with Gasteiger partial charge < -0.3 is 9.64 Å². The average molecular weight is 169 g/mol. The van der Waals surface area contributed by atoms with Crippen LogP contribution in [-0.2, 0) is 9.53 Å². The van der Waals surface area contributed by atoms with Crippen LogP contribution in [0.25, 0.3) is 0 Å². The lowest BCUT2D eigenvalue weighted by Gasteiger charge is -2.22. The van der Waals surface area contributed by atoms with Gasteiger partial charge in [-0.05, 0) is 6.92 Å². The SMILES string of the molecule is C=CCN1C(=O)CCC1OCC. The van der Waals surface area contributed by atoms with Gasteiger partial charge in [-0.2, -0.15) is 0 Å². The van der Waals surface area contributed by atoms with E-state index in [0.29, 0.717) is 19.6 Å². The highest BCUT2D eigenvalue weighted by Crippen LogP contribution is 2.18. The zero-order chi connectivity index (χ0) is 8.97. The van der Waals surface area contributed by atoms with Gasteiger partial charge in [0.25, 0.3) is 0 Å². The van der Waals surface area contributed by atoms with Gasteiger partial charge in [-0.25, -0.2) is 0 Å². The number of carbonyl (C=O) groups excluding carboxylic acids is 1. The van der Waals surface area contributed by atoms with Crippen molar-refractivity contribution in [2.75, 3.05) is 13.2 Å². The van der Waals surface area contributed by atoms with E-state index < -0.39 is 0 Å². The van der Waals surface area contributed by atoms with Crippen molar-refractivity contribution in [3.8, 4) is 0 Å². The van der Waals surface area contributed by atoms with Gasteiger partial charge in [0.15, 0.2) is 0 Å². The fourth-order valence-corrected chi connectivity index (χ4v) is 1.43. The van der Waals surface area contributed by atoms with Crippen LogP contribution in [0.3, 0.4) is 0 Å². The fraction of sp³-hybridized carbons (Fsp3) is 0.667. The van der Waals surface area contributed by atoms with Crippen molar-refractivity contribution in [1.29, 1.82) is 0 Å². The van der Waals surface area contributed by atoms with Gasteiger partial charge in [0.2, 0.25) is 5.91 Å². The zero-order valence-corrected chi connectivity index (χ0v) is 7.45. The first kappa shape index (κ1) is 9.26. The molecule has 0 aromatic carbocycles. The summed E-state index contributed by atoms with van der Waals surface area (Å²) in [5, 5.41) is 0. The van der Waals surface area contributed by atoms with Crippen LogP contribution in [0, 0.1) is 0 Å². The molecule has 0 spiro atoms. The molecule has 1 aliphatic heterocycles. The molecule has 1 heterocycles. The van der Waals surface area contributed by atoms with Crippen LogP contribution in [-0.4, -0.2) is 30.2 Å². The van der Waals surface area contributed by atoms with Crippen LogP contribution in [0.2, 0.25) is 0 Å². The van der Waals surface area contributed by atoms with E-state index in [1.807, 2.05) is 6.92 Å². The van der Waals surface area contributed by atoms with Crippen molar-refractivity contribution in [2.24, 2.45) is 0 Å². The van der Waals surface area contributed by atoms with Gasteiger partial charge in [0.05, 0.1) is 0 Å². The first-order valence-corrected chi connectivity index (χ1v) is 4.31. The Hall–Kier alpha value is -0.830. The number of likely N-dealkylation sites (tertiary alicyclic amines) is 1. The van der Waals surface area contributed by atoms with E-state index in [1.165, 1.54) is 0 Å². The summed E-state index contributed by atoms with van der Waals surface area (Å²) >= 11 is 0. The van der Waals surface area contributed by atoms with E-state index >= 15 is 0 Å². The van der Waals surface area contributed by atoms with Crippen molar-refractivity contribution in [3.63, 3.8) is 0 Å². The lowest BCUT2D eigenvalue weighted by atomic mass is 10.3. The summed E-state index contributed by atoms with van der Waals surface area (Å²) in [6.07, 6.45) is 3.15. The molecule has 1 amide bonds. The maximum absolute atomic E-state index is 11.2. The number of hydrogen-bond donors (Lipinski definition) is 0. The molecule has 1 atom stereocenters. The molecule has 1 fully saturated rings. The van der Waals surface area contributed by atoms with E-state index in [-0.39, 0.29) is 12.1 Å². The molecule has 12 heavy (non-hydrogen) atoms. The lowest BCUT2D eigenvalue weighted by Crippen LogP contribution is -2.34. The van der Waals surface area contributed by atoms with Crippen molar-refractivity contribution < 1.29 is 9.53 Å². The maximum atomic E-state index is 11.2. The number of carbonyl (C=O) groups is 1. The molecule has 0 radical (unpaired) electrons. The second-order valence-corrected chi connectivity index (χ2v) is 2.78. The van der Waals surface area contributed by atoms with Crippen LogP contribution in [0.4, 0.5) is 0 Å². The third kappa shape index (κ3) is 1.85. The van der Waals surface area contributed by atoms with Crippen LogP contribution >= 0.6 is 0 Å². The zero-order valence-electron chi connectivity index (χ0n) is 7.45.